The van der Waals surface area contributed by atoms with Crippen molar-refractivity contribution in [1.29, 1.82) is 0 Å². The predicted octanol–water partition coefficient (Wildman–Crippen LogP) is 2.27. The molecule has 2 heterocycles. The maximum absolute atomic E-state index is 12.1. The van der Waals surface area contributed by atoms with Crippen molar-refractivity contribution in [1.82, 2.24) is 20.0 Å². The summed E-state index contributed by atoms with van der Waals surface area (Å²) >= 11 is 5.82. The van der Waals surface area contributed by atoms with Crippen LogP contribution in [0.4, 0.5) is 0 Å². The Labute approximate surface area is 115 Å². The minimum atomic E-state index is -0.615. The van der Waals surface area contributed by atoms with Crippen molar-refractivity contribution in [3.8, 4) is 5.69 Å². The van der Waals surface area contributed by atoms with E-state index in [0.717, 1.165) is 0 Å². The standard InChI is InChI=1S/C12H13ClN4O2/c1-12(2,3)19-11(18)10-8(4-5-9(13)16-10)17-14-6-7-15-17/h4-7H,1-3H3. The first-order valence-corrected chi connectivity index (χ1v) is 6.01. The van der Waals surface area contributed by atoms with Gasteiger partial charge in [-0.1, -0.05) is 11.6 Å². The molecule has 100 valence electrons. The van der Waals surface area contributed by atoms with Crippen molar-refractivity contribution in [2.45, 2.75) is 26.4 Å². The Hall–Kier alpha value is -1.95. The molecule has 0 atom stereocenters. The molecule has 0 aliphatic heterocycles. The van der Waals surface area contributed by atoms with E-state index in [1.165, 1.54) is 17.2 Å². The maximum atomic E-state index is 12.1. The molecule has 0 aliphatic carbocycles. The molecule has 0 aromatic carbocycles. The van der Waals surface area contributed by atoms with Crippen LogP contribution >= 0.6 is 11.6 Å². The van der Waals surface area contributed by atoms with E-state index in [2.05, 4.69) is 15.2 Å². The van der Waals surface area contributed by atoms with Crippen molar-refractivity contribution in [2.75, 3.05) is 0 Å². The molecule has 6 nitrogen and oxygen atoms in total. The molecule has 0 bridgehead atoms. The van der Waals surface area contributed by atoms with Crippen LogP contribution in [0.1, 0.15) is 31.3 Å². The van der Waals surface area contributed by atoms with Crippen molar-refractivity contribution in [3.63, 3.8) is 0 Å². The monoisotopic (exact) mass is 280 g/mol. The summed E-state index contributed by atoms with van der Waals surface area (Å²) in [6, 6.07) is 3.18. The summed E-state index contributed by atoms with van der Waals surface area (Å²) in [4.78, 5) is 17.4. The summed E-state index contributed by atoms with van der Waals surface area (Å²) in [7, 11) is 0. The fourth-order valence-corrected chi connectivity index (χ4v) is 1.55. The van der Waals surface area contributed by atoms with Crippen LogP contribution in [0.15, 0.2) is 24.5 Å². The number of nitrogens with zero attached hydrogens (tertiary/aromatic N) is 4. The first kappa shape index (κ1) is 13.5. The number of carbonyl (C=O) groups excluding carboxylic acids is 1. The minimum Gasteiger partial charge on any atom is -0.455 e. The van der Waals surface area contributed by atoms with Crippen LogP contribution in [-0.2, 0) is 4.74 Å². The number of hydrogen-bond donors (Lipinski definition) is 0. The number of aromatic nitrogens is 4. The number of pyridine rings is 1. The number of halogens is 1. The Kier molecular flexibility index (Phi) is 3.53. The van der Waals surface area contributed by atoms with Crippen LogP contribution in [0.3, 0.4) is 0 Å². The second-order valence-electron chi connectivity index (χ2n) is 4.82. The molecule has 2 aromatic rings. The number of carbonyl (C=O) groups is 1. The third-order valence-corrected chi connectivity index (χ3v) is 2.28. The van der Waals surface area contributed by atoms with E-state index in [1.54, 1.807) is 32.9 Å². The Morgan fingerprint density at radius 2 is 1.89 bits per heavy atom. The molecule has 0 spiro atoms. The van der Waals surface area contributed by atoms with E-state index >= 15 is 0 Å². The number of esters is 1. The lowest BCUT2D eigenvalue weighted by atomic mass is 10.2. The van der Waals surface area contributed by atoms with Crippen LogP contribution < -0.4 is 0 Å². The summed E-state index contributed by atoms with van der Waals surface area (Å²) in [6.45, 7) is 5.34. The van der Waals surface area contributed by atoms with Gasteiger partial charge in [0.1, 0.15) is 16.4 Å². The molecule has 0 fully saturated rings. The SMILES string of the molecule is CC(C)(C)OC(=O)c1nc(Cl)ccc1-n1nccn1. The van der Waals surface area contributed by atoms with E-state index in [-0.39, 0.29) is 10.8 Å². The molecule has 19 heavy (non-hydrogen) atoms. The summed E-state index contributed by atoms with van der Waals surface area (Å²) in [5.41, 5.74) is -0.113. The third-order valence-electron chi connectivity index (χ3n) is 2.07. The van der Waals surface area contributed by atoms with Gasteiger partial charge in [0.05, 0.1) is 12.4 Å². The van der Waals surface area contributed by atoms with E-state index in [9.17, 15) is 4.79 Å². The topological polar surface area (TPSA) is 69.9 Å². The third kappa shape index (κ3) is 3.29. The molecule has 0 aliphatic rings. The summed E-state index contributed by atoms with van der Waals surface area (Å²) in [5.74, 6) is -0.567. The Morgan fingerprint density at radius 3 is 2.47 bits per heavy atom. The molecule has 0 radical (unpaired) electrons. The smallest absolute Gasteiger partial charge is 0.359 e. The fourth-order valence-electron chi connectivity index (χ4n) is 1.41. The van der Waals surface area contributed by atoms with Crippen LogP contribution in [0.5, 0.6) is 0 Å². The van der Waals surface area contributed by atoms with E-state index in [1.807, 2.05) is 0 Å². The summed E-state index contributed by atoms with van der Waals surface area (Å²) in [6.07, 6.45) is 3.01. The lowest BCUT2D eigenvalue weighted by Crippen LogP contribution is -2.25. The second kappa shape index (κ2) is 4.97. The molecule has 0 unspecified atom stereocenters. The van der Waals surface area contributed by atoms with Crippen molar-refractivity contribution < 1.29 is 9.53 Å². The van der Waals surface area contributed by atoms with Crippen molar-refractivity contribution in [3.05, 3.63) is 35.4 Å². The van der Waals surface area contributed by atoms with Crippen LogP contribution in [0.2, 0.25) is 5.15 Å². The highest BCUT2D eigenvalue weighted by atomic mass is 35.5. The van der Waals surface area contributed by atoms with Gasteiger partial charge in [-0.05, 0) is 32.9 Å². The lowest BCUT2D eigenvalue weighted by Gasteiger charge is -2.19. The molecular weight excluding hydrogens is 268 g/mol. The van der Waals surface area contributed by atoms with Gasteiger partial charge in [0, 0.05) is 0 Å². The normalized spacial score (nSPS) is 11.4. The van der Waals surface area contributed by atoms with Gasteiger partial charge >= 0.3 is 5.97 Å². The fraction of sp³-hybridized carbons (Fsp3) is 0.333. The maximum Gasteiger partial charge on any atom is 0.359 e. The van der Waals surface area contributed by atoms with Gasteiger partial charge in [-0.25, -0.2) is 9.78 Å². The van der Waals surface area contributed by atoms with Crippen molar-refractivity contribution >= 4 is 17.6 Å². The van der Waals surface area contributed by atoms with E-state index < -0.39 is 11.6 Å². The van der Waals surface area contributed by atoms with Gasteiger partial charge in [-0.2, -0.15) is 10.2 Å². The predicted molar refractivity (Wildman–Crippen MR) is 69.3 cm³/mol. The molecule has 0 saturated heterocycles. The Bertz CT molecular complexity index is 590. The Balaban J connectivity index is 2.44. The largest absolute Gasteiger partial charge is 0.455 e. The highest BCUT2D eigenvalue weighted by Crippen LogP contribution is 2.18. The molecule has 2 rings (SSSR count). The lowest BCUT2D eigenvalue weighted by molar-refractivity contribution is 0.00626. The van der Waals surface area contributed by atoms with Gasteiger partial charge in [-0.3, -0.25) is 0 Å². The quantitative estimate of drug-likeness (QED) is 0.623. The zero-order valence-electron chi connectivity index (χ0n) is 10.8. The first-order valence-electron chi connectivity index (χ1n) is 5.63. The van der Waals surface area contributed by atoms with Gasteiger partial charge in [0.25, 0.3) is 0 Å². The molecule has 0 N–H and O–H groups in total. The van der Waals surface area contributed by atoms with Crippen LogP contribution in [0, 0.1) is 0 Å². The van der Waals surface area contributed by atoms with E-state index in [4.69, 9.17) is 16.3 Å². The summed E-state index contributed by atoms with van der Waals surface area (Å²) in [5, 5.41) is 8.15. The van der Waals surface area contributed by atoms with Crippen LogP contribution in [-0.4, -0.2) is 31.5 Å². The highest BCUT2D eigenvalue weighted by Gasteiger charge is 2.23. The molecule has 0 saturated carbocycles. The summed E-state index contributed by atoms with van der Waals surface area (Å²) < 4.78 is 5.29. The molecule has 0 amide bonds. The van der Waals surface area contributed by atoms with Gasteiger partial charge < -0.3 is 4.74 Å². The van der Waals surface area contributed by atoms with Gasteiger partial charge in [-0.15, -0.1) is 4.80 Å². The second-order valence-corrected chi connectivity index (χ2v) is 5.21. The van der Waals surface area contributed by atoms with E-state index in [0.29, 0.717) is 5.69 Å². The number of ether oxygens (including phenoxy) is 1. The minimum absolute atomic E-state index is 0.0821. The average Bonchev–Trinajstić information content (AvgIpc) is 2.80. The Morgan fingerprint density at radius 1 is 1.26 bits per heavy atom. The zero-order chi connectivity index (χ0) is 14.0. The van der Waals surface area contributed by atoms with Crippen molar-refractivity contribution in [2.24, 2.45) is 0 Å². The zero-order valence-corrected chi connectivity index (χ0v) is 11.5. The van der Waals surface area contributed by atoms with Crippen LogP contribution in [0.25, 0.3) is 5.69 Å². The number of hydrogen-bond acceptors (Lipinski definition) is 5. The first-order chi connectivity index (χ1) is 8.87. The highest BCUT2D eigenvalue weighted by molar-refractivity contribution is 6.29. The van der Waals surface area contributed by atoms with Gasteiger partial charge in [0.2, 0.25) is 0 Å². The average molecular weight is 281 g/mol. The molecule has 2 aromatic heterocycles. The molecular formula is C12H13ClN4O2. The van der Waals surface area contributed by atoms with Gasteiger partial charge in [0.15, 0.2) is 5.69 Å². The number of rotatable bonds is 2. The molecule has 7 heteroatoms.